The fourth-order valence-electron chi connectivity index (χ4n) is 2.80. The third kappa shape index (κ3) is 3.16. The Labute approximate surface area is 150 Å². The number of hydrogen-bond acceptors (Lipinski definition) is 5. The van der Waals surface area contributed by atoms with E-state index < -0.39 is 16.1 Å². The number of carbonyl (C=O) groups is 1. The number of fused-ring (bicyclic) bond motifs is 3. The van der Waals surface area contributed by atoms with E-state index in [1.165, 1.54) is 19.3 Å². The van der Waals surface area contributed by atoms with Crippen LogP contribution in [0.3, 0.4) is 0 Å². The van der Waals surface area contributed by atoms with Gasteiger partial charge < -0.3 is 15.4 Å². The lowest BCUT2D eigenvalue weighted by Gasteiger charge is -2.14. The topological polar surface area (TPSA) is 124 Å². The van der Waals surface area contributed by atoms with Crippen LogP contribution in [-0.4, -0.2) is 49.1 Å². The van der Waals surface area contributed by atoms with Crippen molar-refractivity contribution in [2.24, 2.45) is 0 Å². The van der Waals surface area contributed by atoms with Crippen molar-refractivity contribution in [2.75, 3.05) is 13.7 Å². The van der Waals surface area contributed by atoms with Crippen molar-refractivity contribution in [3.63, 3.8) is 0 Å². The van der Waals surface area contributed by atoms with E-state index in [4.69, 9.17) is 0 Å². The minimum atomic E-state index is -3.77. The molecule has 1 unspecified atom stereocenters. The SMILES string of the molecule is CCC(CO)NS(=O)(=O)c1ccc2[nH]c3c(C(=O)NC)nccc3c2c1. The van der Waals surface area contributed by atoms with Gasteiger partial charge >= 0.3 is 0 Å². The number of pyridine rings is 1. The number of aromatic nitrogens is 2. The highest BCUT2D eigenvalue weighted by Gasteiger charge is 2.20. The summed E-state index contributed by atoms with van der Waals surface area (Å²) in [6.45, 7) is 1.52. The van der Waals surface area contributed by atoms with Gasteiger partial charge in [-0.1, -0.05) is 6.92 Å². The second-order valence-electron chi connectivity index (χ2n) is 5.90. The molecule has 0 bridgehead atoms. The van der Waals surface area contributed by atoms with Crippen molar-refractivity contribution in [1.82, 2.24) is 20.0 Å². The van der Waals surface area contributed by atoms with Crippen LogP contribution < -0.4 is 10.0 Å². The van der Waals surface area contributed by atoms with Crippen LogP contribution in [0.25, 0.3) is 21.8 Å². The summed E-state index contributed by atoms with van der Waals surface area (Å²) in [7, 11) is -2.25. The van der Waals surface area contributed by atoms with E-state index in [1.54, 1.807) is 25.1 Å². The standard InChI is InChI=1S/C17H20N4O4S/c1-3-10(9-22)21-26(24,25)11-4-5-14-13(8-11)12-6-7-19-16(15(12)20-14)17(23)18-2/h4-8,10,20-22H,3,9H2,1-2H3,(H,18,23). The third-order valence-corrected chi connectivity index (χ3v) is 5.80. The summed E-state index contributed by atoms with van der Waals surface area (Å²) in [5, 5.41) is 13.2. The van der Waals surface area contributed by atoms with Crippen LogP contribution in [0.4, 0.5) is 0 Å². The zero-order valence-corrected chi connectivity index (χ0v) is 15.2. The number of aromatic amines is 1. The molecule has 9 heteroatoms. The number of sulfonamides is 1. The lowest BCUT2D eigenvalue weighted by Crippen LogP contribution is -2.36. The molecular formula is C17H20N4O4S. The molecule has 0 aliphatic carbocycles. The molecule has 0 spiro atoms. The van der Waals surface area contributed by atoms with Gasteiger partial charge in [-0.3, -0.25) is 4.79 Å². The van der Waals surface area contributed by atoms with Crippen molar-refractivity contribution in [3.8, 4) is 0 Å². The zero-order valence-electron chi connectivity index (χ0n) is 14.4. The molecule has 1 amide bonds. The molecule has 0 radical (unpaired) electrons. The first-order valence-electron chi connectivity index (χ1n) is 8.17. The average Bonchev–Trinajstić information content (AvgIpc) is 3.03. The minimum absolute atomic E-state index is 0.0936. The lowest BCUT2D eigenvalue weighted by atomic mass is 10.1. The van der Waals surface area contributed by atoms with E-state index in [0.29, 0.717) is 28.2 Å². The molecule has 26 heavy (non-hydrogen) atoms. The summed E-state index contributed by atoms with van der Waals surface area (Å²) < 4.78 is 27.6. The van der Waals surface area contributed by atoms with Crippen molar-refractivity contribution in [1.29, 1.82) is 0 Å². The number of nitrogens with zero attached hydrogens (tertiary/aromatic N) is 1. The number of nitrogens with one attached hydrogen (secondary N) is 3. The van der Waals surface area contributed by atoms with E-state index in [-0.39, 0.29) is 23.1 Å². The average molecular weight is 376 g/mol. The van der Waals surface area contributed by atoms with Gasteiger partial charge in [0, 0.05) is 35.6 Å². The lowest BCUT2D eigenvalue weighted by molar-refractivity contribution is 0.0960. The van der Waals surface area contributed by atoms with Gasteiger partial charge in [-0.25, -0.2) is 18.1 Å². The van der Waals surface area contributed by atoms with Gasteiger partial charge in [0.25, 0.3) is 5.91 Å². The molecule has 4 N–H and O–H groups in total. The third-order valence-electron chi connectivity index (χ3n) is 4.28. The van der Waals surface area contributed by atoms with E-state index in [2.05, 4.69) is 20.0 Å². The highest BCUT2D eigenvalue weighted by molar-refractivity contribution is 7.89. The number of benzene rings is 1. The van der Waals surface area contributed by atoms with Crippen LogP contribution in [0.2, 0.25) is 0 Å². The molecular weight excluding hydrogens is 356 g/mol. The molecule has 8 nitrogen and oxygen atoms in total. The Kier molecular flexibility index (Phi) is 4.94. The van der Waals surface area contributed by atoms with Crippen LogP contribution >= 0.6 is 0 Å². The van der Waals surface area contributed by atoms with Crippen molar-refractivity contribution >= 4 is 37.7 Å². The molecule has 2 aromatic heterocycles. The molecule has 0 fully saturated rings. The van der Waals surface area contributed by atoms with E-state index in [1.807, 2.05) is 0 Å². The summed E-state index contributed by atoms with van der Waals surface area (Å²) in [6, 6.07) is 5.87. The highest BCUT2D eigenvalue weighted by Crippen LogP contribution is 2.28. The summed E-state index contributed by atoms with van der Waals surface area (Å²) in [4.78, 5) is 19.3. The maximum Gasteiger partial charge on any atom is 0.271 e. The Hall–Kier alpha value is -2.49. The van der Waals surface area contributed by atoms with Crippen LogP contribution in [0.15, 0.2) is 35.4 Å². The molecule has 2 heterocycles. The second-order valence-corrected chi connectivity index (χ2v) is 7.62. The maximum absolute atomic E-state index is 12.6. The number of H-pyrrole nitrogens is 1. The van der Waals surface area contributed by atoms with Crippen LogP contribution in [0.5, 0.6) is 0 Å². The number of rotatable bonds is 6. The molecule has 3 aromatic rings. The van der Waals surface area contributed by atoms with E-state index in [9.17, 15) is 18.3 Å². The first-order chi connectivity index (χ1) is 12.4. The number of hydrogen-bond donors (Lipinski definition) is 4. The van der Waals surface area contributed by atoms with Gasteiger partial charge in [0.15, 0.2) is 5.69 Å². The van der Waals surface area contributed by atoms with Crippen LogP contribution in [-0.2, 0) is 10.0 Å². The fourth-order valence-corrected chi connectivity index (χ4v) is 4.13. The predicted octanol–water partition coefficient (Wildman–Crippen LogP) is 1.12. The first kappa shape index (κ1) is 18.3. The minimum Gasteiger partial charge on any atom is -0.395 e. The summed E-state index contributed by atoms with van der Waals surface area (Å²) in [6.07, 6.45) is 1.99. The van der Waals surface area contributed by atoms with E-state index in [0.717, 1.165) is 0 Å². The number of carbonyl (C=O) groups excluding carboxylic acids is 1. The molecule has 0 aliphatic heterocycles. The Morgan fingerprint density at radius 1 is 1.31 bits per heavy atom. The molecule has 138 valence electrons. The fraction of sp³-hybridized carbons (Fsp3) is 0.294. The molecule has 0 aliphatic rings. The number of aliphatic hydroxyl groups is 1. The number of amides is 1. The van der Waals surface area contributed by atoms with Gasteiger partial charge in [-0.05, 0) is 30.7 Å². The van der Waals surface area contributed by atoms with Gasteiger partial charge in [-0.15, -0.1) is 0 Å². The predicted molar refractivity (Wildman–Crippen MR) is 98.5 cm³/mol. The Bertz CT molecular complexity index is 1070. The second kappa shape index (κ2) is 7.02. The van der Waals surface area contributed by atoms with Gasteiger partial charge in [0.05, 0.1) is 17.0 Å². The first-order valence-corrected chi connectivity index (χ1v) is 9.65. The summed E-state index contributed by atoms with van der Waals surface area (Å²) >= 11 is 0. The van der Waals surface area contributed by atoms with Crippen LogP contribution in [0.1, 0.15) is 23.8 Å². The maximum atomic E-state index is 12.6. The van der Waals surface area contributed by atoms with Crippen molar-refractivity contribution in [2.45, 2.75) is 24.3 Å². The Morgan fingerprint density at radius 2 is 2.08 bits per heavy atom. The summed E-state index contributed by atoms with van der Waals surface area (Å²) in [5.74, 6) is -0.328. The largest absolute Gasteiger partial charge is 0.395 e. The highest BCUT2D eigenvalue weighted by atomic mass is 32.2. The van der Waals surface area contributed by atoms with Crippen molar-refractivity contribution in [3.05, 3.63) is 36.2 Å². The molecule has 1 atom stereocenters. The van der Waals surface area contributed by atoms with Gasteiger partial charge in [0.1, 0.15) is 0 Å². The van der Waals surface area contributed by atoms with Crippen molar-refractivity contribution < 1.29 is 18.3 Å². The summed E-state index contributed by atoms with van der Waals surface area (Å²) in [5.41, 5.74) is 1.49. The zero-order chi connectivity index (χ0) is 18.9. The quantitative estimate of drug-likeness (QED) is 0.513. The van der Waals surface area contributed by atoms with E-state index >= 15 is 0 Å². The molecule has 0 saturated carbocycles. The Morgan fingerprint density at radius 3 is 2.73 bits per heavy atom. The van der Waals surface area contributed by atoms with Crippen LogP contribution in [0, 0.1) is 0 Å². The normalized spacial score (nSPS) is 13.2. The molecule has 3 rings (SSSR count). The van der Waals surface area contributed by atoms with Gasteiger partial charge in [0.2, 0.25) is 10.0 Å². The monoisotopic (exact) mass is 376 g/mol. The molecule has 0 saturated heterocycles. The Balaban J connectivity index is 2.14. The van der Waals surface area contributed by atoms with Gasteiger partial charge in [-0.2, -0.15) is 0 Å². The molecule has 1 aromatic carbocycles. The number of aliphatic hydroxyl groups excluding tert-OH is 1. The smallest absolute Gasteiger partial charge is 0.271 e.